The fourth-order valence-electron chi connectivity index (χ4n) is 16.2. The van der Waals surface area contributed by atoms with Gasteiger partial charge in [0, 0.05) is 127 Å². The summed E-state index contributed by atoms with van der Waals surface area (Å²) in [4.78, 5) is 0. The van der Waals surface area contributed by atoms with E-state index in [0.29, 0.717) is 171 Å². The van der Waals surface area contributed by atoms with Crippen LogP contribution in [-0.2, 0) is 75.8 Å². The van der Waals surface area contributed by atoms with E-state index in [0.717, 1.165) is 74.7 Å². The third-order valence-corrected chi connectivity index (χ3v) is 22.2. The van der Waals surface area contributed by atoms with Crippen LogP contribution in [0.2, 0.25) is 0 Å². The SMILES string of the molecule is C1=C([B-](n2cccn2)(n2cccn2)n2cccn2)C=C([B-](n2cccn2)(n2cccn2)n2cccn2)C1.C1=C([B-](n2cccn2)(n2cccn2)n2cccn2)C=C([B-](n2cccn2)(n2cccn2)n2cccn2)C1.C1CCOC1.C1CCOC1.C1CCOC1.C1CCOC1.C1COCCOCCOCCOCCOCCO1.C1COCCOCCOCCOCCOCCO1.[K+].[K+].[K+].[K+]. The van der Waals surface area contributed by atoms with E-state index in [9.17, 15) is 0 Å². The summed E-state index contributed by atoms with van der Waals surface area (Å²) in [7, 11) is 0. The normalized spacial score (nSPS) is 17.9. The van der Waals surface area contributed by atoms with Crippen molar-refractivity contribution in [1.82, 2.24) is 116 Å². The van der Waals surface area contributed by atoms with Crippen LogP contribution in [-0.4, -0.2) is 354 Å². The number of nitrogens with zero attached hydrogens (tertiary/aromatic N) is 24. The van der Waals surface area contributed by atoms with E-state index in [1.54, 1.807) is 74.4 Å². The first-order valence-electron chi connectivity index (χ1n) is 45.3. The number of hydrogen-bond acceptors (Lipinski definition) is 28. The Hall–Kier alpha value is -4.35. The molecule has 0 N–H and O–H groups in total. The van der Waals surface area contributed by atoms with Crippen LogP contribution in [0.5, 0.6) is 0 Å². The molecule has 700 valence electrons. The first-order valence-corrected chi connectivity index (χ1v) is 45.3. The largest absolute Gasteiger partial charge is 1.00 e. The molecule has 0 amide bonds. The average Bonchev–Trinajstić information content (AvgIpc) is 1.56. The van der Waals surface area contributed by atoms with Crippen molar-refractivity contribution in [3.05, 3.63) is 268 Å². The van der Waals surface area contributed by atoms with Crippen molar-refractivity contribution in [1.29, 1.82) is 0 Å². The maximum absolute atomic E-state index is 5.33. The topological polar surface area (TPSA) is 362 Å². The van der Waals surface area contributed by atoms with Crippen LogP contribution in [0, 0.1) is 0 Å². The van der Waals surface area contributed by atoms with Crippen molar-refractivity contribution >= 4 is 26.2 Å². The molecule has 12 aromatic heterocycles. The summed E-state index contributed by atoms with van der Waals surface area (Å²) in [6.07, 6.45) is 65.0. The quantitative estimate of drug-likeness (QED) is 0.0816. The van der Waals surface area contributed by atoms with E-state index < -0.39 is 26.2 Å². The summed E-state index contributed by atoms with van der Waals surface area (Å²) < 4.78 is 107. The van der Waals surface area contributed by atoms with Crippen LogP contribution in [0.15, 0.2) is 268 Å². The molecule has 2 aliphatic carbocycles. The molecule has 0 atom stereocenters. The third kappa shape index (κ3) is 32.9. The van der Waals surface area contributed by atoms with Gasteiger partial charge in [0.1, 0.15) is 0 Å². The predicted molar refractivity (Wildman–Crippen MR) is 486 cm³/mol. The second-order valence-electron chi connectivity index (χ2n) is 30.6. The summed E-state index contributed by atoms with van der Waals surface area (Å²) >= 11 is 0. The Morgan fingerprint density at radius 1 is 0.164 bits per heavy atom. The van der Waals surface area contributed by atoms with Crippen LogP contribution in [0.3, 0.4) is 0 Å². The Kier molecular flexibility index (Phi) is 56.1. The van der Waals surface area contributed by atoms with Crippen LogP contribution < -0.4 is 206 Å². The van der Waals surface area contributed by atoms with Crippen molar-refractivity contribution in [2.75, 3.05) is 211 Å². The van der Waals surface area contributed by atoms with Gasteiger partial charge in [-0.3, -0.25) is 0 Å². The molecule has 0 aromatic carbocycles. The number of rotatable bonds is 16. The second kappa shape index (κ2) is 66.4. The molecule has 12 aromatic rings. The Labute approximate surface area is 953 Å². The summed E-state index contributed by atoms with van der Waals surface area (Å²) in [5.41, 5.74) is 4.15. The number of hydrogen-bond donors (Lipinski definition) is 0. The summed E-state index contributed by atoms with van der Waals surface area (Å²) in [5.74, 6) is 0. The first kappa shape index (κ1) is 113. The Morgan fingerprint density at radius 3 is 0.388 bits per heavy atom. The zero-order valence-electron chi connectivity index (χ0n) is 78.4. The van der Waals surface area contributed by atoms with Gasteiger partial charge in [0.2, 0.25) is 0 Å². The minimum Gasteiger partial charge on any atom is -0.396 e. The minimum atomic E-state index is -1.95. The molecule has 0 bridgehead atoms. The summed E-state index contributed by atoms with van der Waals surface area (Å²) in [5, 5.41) is 56.3. The molecule has 18 heterocycles. The molecular formula is C86H124B4K4N24O16. The fourth-order valence-corrected chi connectivity index (χ4v) is 16.2. The Morgan fingerprint density at radius 2 is 0.284 bits per heavy atom. The second-order valence-corrected chi connectivity index (χ2v) is 30.6. The van der Waals surface area contributed by atoms with E-state index in [-0.39, 0.29) is 206 Å². The van der Waals surface area contributed by atoms with Gasteiger partial charge in [-0.2, -0.15) is 10.9 Å². The fraction of sp³-hybridized carbons (Fsp3) is 0.488. The molecular weight excluding hydrogens is 1820 g/mol. The molecule has 8 aliphatic rings. The molecule has 0 spiro atoms. The van der Waals surface area contributed by atoms with E-state index in [2.05, 4.69) is 54.9 Å². The molecule has 6 aliphatic heterocycles. The van der Waals surface area contributed by atoms with Gasteiger partial charge in [-0.1, -0.05) is 0 Å². The van der Waals surface area contributed by atoms with Gasteiger partial charge in [-0.05, 0) is 211 Å². The van der Waals surface area contributed by atoms with Gasteiger partial charge in [0.15, 0.2) is 0 Å². The molecule has 0 saturated carbocycles. The minimum absolute atomic E-state index is 0. The number of aromatic nitrogens is 24. The van der Waals surface area contributed by atoms with Crippen LogP contribution in [0.4, 0.5) is 0 Å². The van der Waals surface area contributed by atoms with Gasteiger partial charge < -0.3 is 131 Å². The first-order chi connectivity index (χ1) is 64.7. The van der Waals surface area contributed by atoms with Gasteiger partial charge in [-0.15, -0.1) is 35.2 Å². The van der Waals surface area contributed by atoms with Crippen molar-refractivity contribution in [3.8, 4) is 0 Å². The van der Waals surface area contributed by atoms with Gasteiger partial charge in [-0.25, -0.2) is 61.2 Å². The molecule has 134 heavy (non-hydrogen) atoms. The number of allylic oxidation sites excluding steroid dienone is 8. The standard InChI is InChI=1S/2C23H22B2N12.2C12H24O6.4C4H8O.4K/c2*1-9-26-32(15-1)24(33-16-2-10-27-33,34-17-3-11-28-34)22-7-8-23(21-22)25(35-18-4-12-29-35,36-19-5-13-30-36)37-20-6-14-31-37;2*1-2-14-5-6-16-9-10-18-12-11-17-8-7-15-4-3-13-1;4*1-2-4-5-3-1;;;;/h2*1-7,9-21H,8H2;2*1-12H2;4*1-4H2;;;;/q2*-2;;;;;;;4*+1. The maximum Gasteiger partial charge on any atom is 1.00 e. The molecule has 0 radical (unpaired) electrons. The summed E-state index contributed by atoms with van der Waals surface area (Å²) in [6.45, 7) is 14.3. The molecule has 48 heteroatoms. The summed E-state index contributed by atoms with van der Waals surface area (Å²) in [6, 6.07) is 23.0. The predicted octanol–water partition coefficient (Wildman–Crippen LogP) is -5.26. The third-order valence-electron chi connectivity index (χ3n) is 22.2. The van der Waals surface area contributed by atoms with E-state index in [4.69, 9.17) is 106 Å². The van der Waals surface area contributed by atoms with Gasteiger partial charge >= 0.3 is 232 Å². The Bertz CT molecular complexity index is 4080. The van der Waals surface area contributed by atoms with Crippen LogP contribution in [0.1, 0.15) is 64.2 Å². The van der Waals surface area contributed by atoms with Gasteiger partial charge in [0.05, 0.1) is 159 Å². The van der Waals surface area contributed by atoms with E-state index in [1.165, 1.54) is 51.4 Å². The number of ether oxygens (including phenoxy) is 16. The van der Waals surface area contributed by atoms with Crippen LogP contribution >= 0.6 is 0 Å². The monoisotopic (exact) mass is 1950 g/mol. The Balaban J connectivity index is 0.000000192. The van der Waals surface area contributed by atoms with E-state index >= 15 is 0 Å². The van der Waals surface area contributed by atoms with Crippen molar-refractivity contribution < 1.29 is 281 Å². The molecule has 40 nitrogen and oxygen atoms in total. The smallest absolute Gasteiger partial charge is 0.396 e. The average molecular weight is 1950 g/mol. The van der Waals surface area contributed by atoms with E-state index in [1.807, 2.05) is 202 Å². The zero-order chi connectivity index (χ0) is 89.0. The molecule has 0 unspecified atom stereocenters. The maximum atomic E-state index is 5.33. The molecule has 6 saturated heterocycles. The van der Waals surface area contributed by atoms with Crippen molar-refractivity contribution in [2.24, 2.45) is 0 Å². The van der Waals surface area contributed by atoms with Crippen LogP contribution in [0.25, 0.3) is 0 Å². The van der Waals surface area contributed by atoms with Crippen molar-refractivity contribution in [2.45, 2.75) is 64.2 Å². The zero-order valence-corrected chi connectivity index (χ0v) is 90.9. The molecule has 6 fully saturated rings. The van der Waals surface area contributed by atoms with Gasteiger partial charge in [0.25, 0.3) is 0 Å². The van der Waals surface area contributed by atoms with Crippen molar-refractivity contribution in [3.63, 3.8) is 0 Å². The molecule has 20 rings (SSSR count).